The Balaban J connectivity index is 1.18. The maximum atomic E-state index is 14.7. The predicted octanol–water partition coefficient (Wildman–Crippen LogP) is -3.34. The summed E-state index contributed by atoms with van der Waals surface area (Å²) in [7, 11) is -3.67. The lowest BCUT2D eigenvalue weighted by molar-refractivity contribution is -0.148. The molecule has 3 aliphatic heterocycles. The van der Waals surface area contributed by atoms with E-state index in [-0.39, 0.29) is 5.56 Å². The van der Waals surface area contributed by atoms with E-state index < -0.39 is 199 Å². The minimum atomic E-state index is -5.34. The first-order valence-corrected chi connectivity index (χ1v) is 31.0. The zero-order valence-corrected chi connectivity index (χ0v) is 51.1. The molecule has 3 aromatic carbocycles. The molecule has 14 atom stereocenters. The number of nitrogens with zero attached hydrogens (tertiary/aromatic N) is 4. The molecule has 7 rings (SSSR count). The molecule has 0 aliphatic carbocycles. The third kappa shape index (κ3) is 18.4. The number of phenolic OH excluding ortho intramolecular Hbond substituents is 1. The molecule has 3 saturated heterocycles. The van der Waals surface area contributed by atoms with Gasteiger partial charge in [0.05, 0.1) is 43.5 Å². The van der Waals surface area contributed by atoms with Crippen LogP contribution in [0, 0.1) is 5.92 Å². The van der Waals surface area contributed by atoms with Gasteiger partial charge in [0, 0.05) is 68.8 Å². The number of β-amino-alcohol motifs (C(OH)–C–C–N with tert-alkyl or cyclic N) is 1. The van der Waals surface area contributed by atoms with Crippen LogP contribution >= 0.6 is 11.3 Å². The summed E-state index contributed by atoms with van der Waals surface area (Å²) in [4.78, 5) is 115. The van der Waals surface area contributed by atoms with E-state index in [9.17, 15) is 92.2 Å². The van der Waals surface area contributed by atoms with Crippen LogP contribution < -0.4 is 41.2 Å². The number of aromatic nitrogens is 2. The van der Waals surface area contributed by atoms with Gasteiger partial charge >= 0.3 is 10.4 Å². The first kappa shape index (κ1) is 70.4. The third-order valence-corrected chi connectivity index (χ3v) is 16.8. The number of aromatic hydroxyl groups is 1. The number of amides is 8. The number of primary amides is 1. The number of carbonyl (C=O) groups is 8. The molecule has 0 saturated carbocycles. The molecule has 1 aromatic heterocycles. The smallest absolute Gasteiger partial charge is 0.446 e. The number of carbonyl (C=O) groups excluding carboxylic acids is 8. The summed E-state index contributed by atoms with van der Waals surface area (Å²) in [6.45, 7) is 1.82. The van der Waals surface area contributed by atoms with Gasteiger partial charge in [0.1, 0.15) is 64.2 Å². The number of fused-ring (bicyclic) bond motifs is 2. The lowest BCUT2D eigenvalue weighted by Gasteiger charge is -2.34. The van der Waals surface area contributed by atoms with Crippen LogP contribution in [0.4, 0.5) is 0 Å². The van der Waals surface area contributed by atoms with Crippen LogP contribution in [-0.4, -0.2) is 234 Å². The van der Waals surface area contributed by atoms with Gasteiger partial charge in [-0.2, -0.15) is 8.42 Å². The van der Waals surface area contributed by atoms with Crippen molar-refractivity contribution < 1.29 is 106 Å². The molecule has 8 amide bonds. The van der Waals surface area contributed by atoms with Crippen molar-refractivity contribution in [2.24, 2.45) is 11.7 Å². The van der Waals surface area contributed by atoms with E-state index in [1.54, 1.807) is 19.2 Å². The zero-order chi connectivity index (χ0) is 66.6. The molecule has 3 aliphatic rings. The topological polar surface area (TPSA) is 499 Å². The van der Waals surface area contributed by atoms with Gasteiger partial charge in [0.2, 0.25) is 41.4 Å². The summed E-state index contributed by atoms with van der Waals surface area (Å²) in [6.07, 6.45) is -12.8. The highest BCUT2D eigenvalue weighted by atomic mass is 32.3. The molecular weight excluding hydrogens is 1240 g/mol. The number of nitrogens with two attached hydrogens (primary N) is 1. The molecule has 32 nitrogen and oxygen atoms in total. The number of phenols is 1. The van der Waals surface area contributed by atoms with Crippen LogP contribution in [0.1, 0.15) is 80.8 Å². The fourth-order valence-corrected chi connectivity index (χ4v) is 11.7. The molecular formula is C57H74N10O22S2. The average molecular weight is 1320 g/mol. The molecule has 3 fully saturated rings. The van der Waals surface area contributed by atoms with Crippen LogP contribution in [0.25, 0.3) is 21.1 Å². The fraction of sp³-hybridized carbons (Fsp3) is 0.509. The Hall–Kier alpha value is -8.03. The second kappa shape index (κ2) is 31.3. The SMILES string of the molecule is COCCCCCCOc1ccc(-c2nnc(-c3ccc(C(=O)N[C@H]4C[C@@H](O)CNC(=O)[C@@H]5[C@@H](O)[C@@H](C)CN5C(=O)[C@H]([C@H](O)CC(N)=O)NC(=O)[C@H]([C@H](O)[C@@H](O)c5ccc(O)c(OS(=O)(=O)O)c5)NC(=O)[C@@H]5C[C@@H](O)CN5C(=O)[C@H]([C@H](C)O)NC4=O)cc3)s2)cc1. The van der Waals surface area contributed by atoms with Crippen molar-refractivity contribution in [2.45, 2.75) is 138 Å². The number of benzene rings is 3. The molecule has 0 unspecified atom stereocenters. The quantitative estimate of drug-likeness (QED) is 0.0286. The van der Waals surface area contributed by atoms with Gasteiger partial charge in [0.15, 0.2) is 11.5 Å². The van der Waals surface area contributed by atoms with Gasteiger partial charge in [-0.3, -0.25) is 42.9 Å². The van der Waals surface area contributed by atoms with Gasteiger partial charge in [-0.15, -0.1) is 10.2 Å². The van der Waals surface area contributed by atoms with Crippen molar-refractivity contribution in [3.8, 4) is 38.4 Å². The number of ether oxygens (including phenoxy) is 2. The molecule has 4 heterocycles. The normalized spacial score (nSPS) is 25.3. The molecule has 34 heteroatoms. The highest BCUT2D eigenvalue weighted by molar-refractivity contribution is 7.81. The van der Waals surface area contributed by atoms with Crippen molar-refractivity contribution in [1.29, 1.82) is 0 Å². The van der Waals surface area contributed by atoms with Crippen molar-refractivity contribution in [3.05, 3.63) is 77.9 Å². The Bertz CT molecular complexity index is 3360. The number of rotatable bonds is 21. The molecule has 16 N–H and O–H groups in total. The third-order valence-electron chi connectivity index (χ3n) is 15.4. The van der Waals surface area contributed by atoms with Gasteiger partial charge in [0.25, 0.3) is 5.91 Å². The highest BCUT2D eigenvalue weighted by Gasteiger charge is 2.50. The van der Waals surface area contributed by atoms with E-state index in [0.29, 0.717) is 43.8 Å². The van der Waals surface area contributed by atoms with Gasteiger partial charge < -0.3 is 96.6 Å². The van der Waals surface area contributed by atoms with E-state index in [4.69, 9.17) is 15.2 Å². The van der Waals surface area contributed by atoms with Gasteiger partial charge in [-0.1, -0.05) is 42.9 Å². The molecule has 91 heavy (non-hydrogen) atoms. The van der Waals surface area contributed by atoms with Crippen LogP contribution in [0.2, 0.25) is 0 Å². The van der Waals surface area contributed by atoms with Crippen LogP contribution in [0.15, 0.2) is 66.7 Å². The van der Waals surface area contributed by atoms with E-state index in [2.05, 4.69) is 41.0 Å². The Kier molecular flexibility index (Phi) is 24.2. The number of unbranched alkanes of at least 4 members (excludes halogenated alkanes) is 3. The first-order valence-electron chi connectivity index (χ1n) is 28.9. The first-order chi connectivity index (χ1) is 43.0. The zero-order valence-electron chi connectivity index (χ0n) is 49.4. The molecule has 4 aromatic rings. The van der Waals surface area contributed by atoms with Crippen LogP contribution in [0.3, 0.4) is 0 Å². The number of hydrogen-bond acceptors (Lipinski definition) is 24. The van der Waals surface area contributed by atoms with E-state index >= 15 is 0 Å². The van der Waals surface area contributed by atoms with E-state index in [0.717, 1.165) is 56.9 Å². The summed E-state index contributed by atoms with van der Waals surface area (Å²) in [5, 5.41) is 111. The van der Waals surface area contributed by atoms with Crippen LogP contribution in [-0.2, 0) is 48.7 Å². The average Bonchev–Trinajstić information content (AvgIpc) is 1.83. The van der Waals surface area contributed by atoms with E-state index in [1.807, 2.05) is 24.3 Å². The summed E-state index contributed by atoms with van der Waals surface area (Å²) in [5.41, 5.74) is 6.08. The summed E-state index contributed by atoms with van der Waals surface area (Å²) >= 11 is 1.26. The van der Waals surface area contributed by atoms with Crippen LogP contribution in [0.5, 0.6) is 17.2 Å². The summed E-state index contributed by atoms with van der Waals surface area (Å²) in [5.74, 6) is -12.4. The standard InChI is InChI=1S/C57H74N10O22S2/c1-27-25-67-45(46(27)74)53(81)59-24-33(69)21-36(60-49(77)29-8-10-30(11-9-29)54-64-65-55(90-54)31-12-15-35(16-13-31)88-19-7-5-4-6-18-87-3)50(78)61-42(28(2)68)56(82)66-26-34(70)22-37(66)51(79)63-44(52(80)62-43(57(67)83)39(72)23-41(58)73)48(76)47(75)32-14-17-38(71)40(20-32)89-91(84,85)86/h8-17,20,27-28,33-34,36-37,39,42-48,68-72,74-76H,4-7,18-19,21-26H2,1-3H3,(H2,58,73)(H,59,81)(H,60,77)(H,61,78)(H,62,80)(H,63,79)(H,84,85,86)/t27-,28-,33+,34+,36-,37-,39+,42-,43-,44-,45-,46-,47-,48-/m0/s1. The monoisotopic (exact) mass is 1310 g/mol. The van der Waals surface area contributed by atoms with Crippen molar-refractivity contribution in [3.63, 3.8) is 0 Å². The lowest BCUT2D eigenvalue weighted by Crippen LogP contribution is -2.64. The van der Waals surface area contributed by atoms with E-state index in [1.165, 1.54) is 30.4 Å². The number of aliphatic hydroxyl groups is 7. The maximum Gasteiger partial charge on any atom is 0.446 e. The minimum Gasteiger partial charge on any atom is -0.504 e. The second-order valence-corrected chi connectivity index (χ2v) is 24.3. The highest BCUT2D eigenvalue weighted by Crippen LogP contribution is 2.34. The summed E-state index contributed by atoms with van der Waals surface area (Å²) in [6, 6.07) is 2.94. The maximum absolute atomic E-state index is 14.7. The Morgan fingerprint density at radius 2 is 1.36 bits per heavy atom. The van der Waals surface area contributed by atoms with Crippen molar-refractivity contribution in [2.75, 3.05) is 40.0 Å². The number of methoxy groups -OCH3 is 1. The molecule has 496 valence electrons. The molecule has 0 radical (unpaired) electrons. The largest absolute Gasteiger partial charge is 0.504 e. The number of nitrogens with one attached hydrogen (secondary N) is 5. The Morgan fingerprint density at radius 3 is 1.98 bits per heavy atom. The van der Waals surface area contributed by atoms with Gasteiger partial charge in [-0.05, 0) is 80.3 Å². The van der Waals surface area contributed by atoms with Crippen molar-refractivity contribution in [1.82, 2.24) is 46.6 Å². The molecule has 0 bridgehead atoms. The Morgan fingerprint density at radius 1 is 0.758 bits per heavy atom. The fourth-order valence-electron chi connectivity index (χ4n) is 10.5. The Labute approximate surface area is 525 Å². The number of aliphatic hydroxyl groups excluding tert-OH is 7. The summed E-state index contributed by atoms with van der Waals surface area (Å²) < 4.78 is 47.7. The second-order valence-electron chi connectivity index (χ2n) is 22.3. The van der Waals surface area contributed by atoms with Crippen molar-refractivity contribution >= 4 is 69.0 Å². The molecule has 0 spiro atoms. The predicted molar refractivity (Wildman–Crippen MR) is 317 cm³/mol. The lowest BCUT2D eigenvalue weighted by atomic mass is 9.96. The minimum absolute atomic E-state index is 0.0312. The van der Waals surface area contributed by atoms with Gasteiger partial charge in [-0.25, -0.2) is 0 Å². The number of hydrogen-bond donors (Lipinski definition) is 15.